The highest BCUT2D eigenvalue weighted by atomic mass is 32.1. The molecule has 0 aromatic carbocycles. The van der Waals surface area contributed by atoms with Crippen LogP contribution in [0.2, 0.25) is 0 Å². The standard InChI is InChI=1S/C11H10FNO3S/c1-2-16-11(15)9-3-6-7(12)4-13-8(5-14)10(6)17-9/h3-4,14H,2,5H2,1H3. The lowest BCUT2D eigenvalue weighted by molar-refractivity contribution is 0.0532. The smallest absolute Gasteiger partial charge is 0.348 e. The van der Waals surface area contributed by atoms with E-state index < -0.39 is 11.8 Å². The van der Waals surface area contributed by atoms with Crippen molar-refractivity contribution in [3.63, 3.8) is 0 Å². The summed E-state index contributed by atoms with van der Waals surface area (Å²) < 4.78 is 18.8. The number of hydrogen-bond donors (Lipinski definition) is 1. The average molecular weight is 255 g/mol. The van der Waals surface area contributed by atoms with Gasteiger partial charge in [-0.05, 0) is 13.0 Å². The van der Waals surface area contributed by atoms with E-state index in [4.69, 9.17) is 9.84 Å². The number of esters is 1. The van der Waals surface area contributed by atoms with Gasteiger partial charge in [0.1, 0.15) is 10.7 Å². The number of carbonyl (C=O) groups excluding carboxylic acids is 1. The first kappa shape index (κ1) is 11.9. The molecule has 0 aliphatic heterocycles. The maximum Gasteiger partial charge on any atom is 0.348 e. The predicted molar refractivity (Wildman–Crippen MR) is 61.5 cm³/mol. The predicted octanol–water partition coefficient (Wildman–Crippen LogP) is 2.10. The Kier molecular flexibility index (Phi) is 3.35. The molecule has 17 heavy (non-hydrogen) atoms. The van der Waals surface area contributed by atoms with E-state index in [-0.39, 0.29) is 18.6 Å². The van der Waals surface area contributed by atoms with Crippen molar-refractivity contribution in [2.24, 2.45) is 0 Å². The molecule has 0 saturated carbocycles. The molecule has 90 valence electrons. The normalized spacial score (nSPS) is 10.8. The molecule has 1 N–H and O–H groups in total. The zero-order chi connectivity index (χ0) is 12.4. The summed E-state index contributed by atoms with van der Waals surface area (Å²) in [5, 5.41) is 9.37. The van der Waals surface area contributed by atoms with Crippen LogP contribution < -0.4 is 0 Å². The van der Waals surface area contributed by atoms with E-state index >= 15 is 0 Å². The minimum Gasteiger partial charge on any atom is -0.462 e. The van der Waals surface area contributed by atoms with Crippen LogP contribution in [0, 0.1) is 5.82 Å². The Morgan fingerprint density at radius 1 is 1.65 bits per heavy atom. The third-order valence-corrected chi connectivity index (χ3v) is 3.38. The van der Waals surface area contributed by atoms with Gasteiger partial charge in [-0.25, -0.2) is 9.18 Å². The van der Waals surface area contributed by atoms with Crippen molar-refractivity contribution in [3.8, 4) is 0 Å². The van der Waals surface area contributed by atoms with Crippen molar-refractivity contribution in [1.82, 2.24) is 4.98 Å². The molecule has 0 radical (unpaired) electrons. The van der Waals surface area contributed by atoms with Gasteiger partial charge >= 0.3 is 5.97 Å². The largest absolute Gasteiger partial charge is 0.462 e. The van der Waals surface area contributed by atoms with Crippen molar-refractivity contribution < 1.29 is 19.0 Å². The van der Waals surface area contributed by atoms with Crippen LogP contribution in [0.4, 0.5) is 4.39 Å². The number of aliphatic hydroxyl groups is 1. The number of nitrogens with zero attached hydrogens (tertiary/aromatic N) is 1. The number of hydrogen-bond acceptors (Lipinski definition) is 5. The Labute approximate surface area is 101 Å². The number of halogens is 1. The van der Waals surface area contributed by atoms with Gasteiger partial charge in [-0.1, -0.05) is 0 Å². The van der Waals surface area contributed by atoms with E-state index in [9.17, 15) is 9.18 Å². The summed E-state index contributed by atoms with van der Waals surface area (Å²) in [5.41, 5.74) is 0.363. The SMILES string of the molecule is CCOC(=O)c1cc2c(F)cnc(CO)c2s1. The molecule has 0 aliphatic rings. The van der Waals surface area contributed by atoms with Gasteiger partial charge in [-0.3, -0.25) is 4.98 Å². The van der Waals surface area contributed by atoms with Gasteiger partial charge in [0.05, 0.1) is 29.8 Å². The van der Waals surface area contributed by atoms with E-state index in [1.807, 2.05) is 0 Å². The quantitative estimate of drug-likeness (QED) is 0.853. The first-order valence-electron chi connectivity index (χ1n) is 5.02. The van der Waals surface area contributed by atoms with Crippen LogP contribution in [0.15, 0.2) is 12.3 Å². The summed E-state index contributed by atoms with van der Waals surface area (Å²) in [6.45, 7) is 1.67. The molecule has 0 bridgehead atoms. The second kappa shape index (κ2) is 4.77. The van der Waals surface area contributed by atoms with Crippen LogP contribution in [0.5, 0.6) is 0 Å². The number of thiophene rings is 1. The lowest BCUT2D eigenvalue weighted by atomic mass is 10.2. The summed E-state index contributed by atoms with van der Waals surface area (Å²) in [6.07, 6.45) is 1.04. The highest BCUT2D eigenvalue weighted by molar-refractivity contribution is 7.20. The highest BCUT2D eigenvalue weighted by Crippen LogP contribution is 2.30. The van der Waals surface area contributed by atoms with Crippen LogP contribution in [-0.2, 0) is 11.3 Å². The van der Waals surface area contributed by atoms with Crippen LogP contribution >= 0.6 is 11.3 Å². The van der Waals surface area contributed by atoms with E-state index in [1.165, 1.54) is 6.07 Å². The van der Waals surface area contributed by atoms with Gasteiger partial charge in [0.2, 0.25) is 0 Å². The second-order valence-corrected chi connectivity index (χ2v) is 4.34. The van der Waals surface area contributed by atoms with Crippen LogP contribution in [-0.4, -0.2) is 22.7 Å². The average Bonchev–Trinajstić information content (AvgIpc) is 2.76. The molecular formula is C11H10FNO3S. The summed E-state index contributed by atoms with van der Waals surface area (Å²) in [5.74, 6) is -0.999. The van der Waals surface area contributed by atoms with E-state index in [0.29, 0.717) is 15.3 Å². The monoisotopic (exact) mass is 255 g/mol. The van der Waals surface area contributed by atoms with E-state index in [2.05, 4.69) is 4.98 Å². The lowest BCUT2D eigenvalue weighted by Crippen LogP contribution is -2.01. The van der Waals surface area contributed by atoms with E-state index in [1.54, 1.807) is 6.92 Å². The minimum atomic E-state index is -0.510. The van der Waals surface area contributed by atoms with Crippen LogP contribution in [0.25, 0.3) is 10.1 Å². The molecule has 0 atom stereocenters. The Morgan fingerprint density at radius 2 is 2.41 bits per heavy atom. The Balaban J connectivity index is 2.56. The summed E-state index contributed by atoms with van der Waals surface area (Å²) in [7, 11) is 0. The zero-order valence-electron chi connectivity index (χ0n) is 9.07. The molecule has 2 aromatic rings. The van der Waals surface area contributed by atoms with Crippen LogP contribution in [0.3, 0.4) is 0 Å². The topological polar surface area (TPSA) is 59.4 Å². The van der Waals surface area contributed by atoms with Gasteiger partial charge in [-0.15, -0.1) is 11.3 Å². The molecule has 0 saturated heterocycles. The zero-order valence-corrected chi connectivity index (χ0v) is 9.88. The molecule has 6 heteroatoms. The maximum absolute atomic E-state index is 13.5. The molecule has 0 fully saturated rings. The van der Waals surface area contributed by atoms with Gasteiger partial charge in [0.25, 0.3) is 0 Å². The number of aromatic nitrogens is 1. The number of ether oxygens (including phenoxy) is 1. The molecule has 0 spiro atoms. The van der Waals surface area contributed by atoms with Crippen molar-refractivity contribution in [1.29, 1.82) is 0 Å². The Bertz CT molecular complexity index is 567. The first-order chi connectivity index (χ1) is 8.17. The molecular weight excluding hydrogens is 245 g/mol. The van der Waals surface area contributed by atoms with Crippen LogP contribution in [0.1, 0.15) is 22.3 Å². The number of pyridine rings is 1. The lowest BCUT2D eigenvalue weighted by Gasteiger charge is -1.97. The van der Waals surface area contributed by atoms with Gasteiger partial charge < -0.3 is 9.84 Å². The number of aliphatic hydroxyl groups excluding tert-OH is 1. The highest BCUT2D eigenvalue weighted by Gasteiger charge is 2.16. The number of carbonyl (C=O) groups is 1. The Hall–Kier alpha value is -1.53. The van der Waals surface area contributed by atoms with Gasteiger partial charge in [-0.2, -0.15) is 0 Å². The number of fused-ring (bicyclic) bond motifs is 1. The second-order valence-electron chi connectivity index (χ2n) is 3.28. The fourth-order valence-electron chi connectivity index (χ4n) is 1.46. The summed E-state index contributed by atoms with van der Waals surface area (Å²) >= 11 is 1.07. The molecule has 0 amide bonds. The third-order valence-electron chi connectivity index (χ3n) is 2.21. The van der Waals surface area contributed by atoms with Crippen molar-refractivity contribution in [2.45, 2.75) is 13.5 Å². The van der Waals surface area contributed by atoms with Crippen molar-refractivity contribution in [2.75, 3.05) is 6.61 Å². The summed E-state index contributed by atoms with van der Waals surface area (Å²) in [6, 6.07) is 1.42. The maximum atomic E-state index is 13.5. The fourth-order valence-corrected chi connectivity index (χ4v) is 2.50. The van der Waals surface area contributed by atoms with Gasteiger partial charge in [0.15, 0.2) is 0 Å². The summed E-state index contributed by atoms with van der Waals surface area (Å²) in [4.78, 5) is 15.6. The van der Waals surface area contributed by atoms with Crippen molar-refractivity contribution >= 4 is 27.4 Å². The fraction of sp³-hybridized carbons (Fsp3) is 0.273. The molecule has 4 nitrogen and oxygen atoms in total. The molecule has 0 unspecified atom stereocenters. The van der Waals surface area contributed by atoms with Crippen molar-refractivity contribution in [3.05, 3.63) is 28.7 Å². The van der Waals surface area contributed by atoms with E-state index in [0.717, 1.165) is 17.5 Å². The molecule has 2 aromatic heterocycles. The third kappa shape index (κ3) is 2.13. The Morgan fingerprint density at radius 3 is 3.06 bits per heavy atom. The molecule has 2 rings (SSSR count). The first-order valence-corrected chi connectivity index (χ1v) is 5.84. The number of rotatable bonds is 3. The molecule has 0 aliphatic carbocycles. The minimum absolute atomic E-state index is 0.265. The molecule has 2 heterocycles. The van der Waals surface area contributed by atoms with Gasteiger partial charge in [0, 0.05) is 5.39 Å².